The highest BCUT2D eigenvalue weighted by atomic mass is 32.3. The topological polar surface area (TPSA) is 138 Å². The lowest BCUT2D eigenvalue weighted by molar-refractivity contribution is -0.141. The molecule has 3 aliphatic heterocycles. The van der Waals surface area contributed by atoms with Crippen LogP contribution >= 0.6 is 0 Å². The predicted octanol–water partition coefficient (Wildman–Crippen LogP) is -0.575. The van der Waals surface area contributed by atoms with Gasteiger partial charge in [0.1, 0.15) is 6.04 Å². The molecule has 0 spiro atoms. The lowest BCUT2D eigenvalue weighted by atomic mass is 9.76. The summed E-state index contributed by atoms with van der Waals surface area (Å²) in [5.74, 6) is -0.475. The van der Waals surface area contributed by atoms with Crippen LogP contribution in [0.25, 0.3) is 0 Å². The molecule has 12 heteroatoms. The second kappa shape index (κ2) is 6.93. The van der Waals surface area contributed by atoms with Gasteiger partial charge < -0.3 is 10.2 Å². The Morgan fingerprint density at radius 3 is 2.81 bits per heavy atom. The second-order valence-electron chi connectivity index (χ2n) is 7.56. The fourth-order valence-electron chi connectivity index (χ4n) is 3.77. The van der Waals surface area contributed by atoms with Crippen LogP contribution in [0.1, 0.15) is 33.1 Å². The molecule has 3 heterocycles. The van der Waals surface area contributed by atoms with Crippen molar-refractivity contribution in [1.29, 1.82) is 0 Å². The van der Waals surface area contributed by atoms with E-state index in [1.807, 2.05) is 0 Å². The van der Waals surface area contributed by atoms with Crippen LogP contribution in [-0.4, -0.2) is 72.7 Å². The first-order valence-corrected chi connectivity index (χ1v) is 9.87. The number of nitrogens with zero attached hydrogens (tertiary/aromatic N) is 2. The normalized spacial score (nSPS) is 30.7. The van der Waals surface area contributed by atoms with Crippen molar-refractivity contribution in [3.63, 3.8) is 0 Å². The summed E-state index contributed by atoms with van der Waals surface area (Å²) in [6.45, 7) is 4.97. The fraction of sp³-hybridized carbons (Fsp3) is 0.857. The molecule has 148 valence electrons. The number of hydroxylamine groups is 3. The van der Waals surface area contributed by atoms with Crippen molar-refractivity contribution in [2.75, 3.05) is 19.7 Å². The van der Waals surface area contributed by atoms with Gasteiger partial charge in [0, 0.05) is 12.6 Å². The van der Waals surface area contributed by atoms with Crippen LogP contribution in [0.4, 0.5) is 4.79 Å². The minimum Gasteiger partial charge on any atom is -0.312 e. The monoisotopic (exact) mass is 392 g/mol. The van der Waals surface area contributed by atoms with Crippen molar-refractivity contribution in [3.8, 4) is 0 Å². The summed E-state index contributed by atoms with van der Waals surface area (Å²) >= 11 is 0. The zero-order valence-electron chi connectivity index (χ0n) is 14.7. The molecule has 0 aromatic carbocycles. The molecule has 0 radical (unpaired) electrons. The molecule has 0 saturated carbocycles. The van der Waals surface area contributed by atoms with E-state index in [0.717, 1.165) is 19.4 Å². The maximum atomic E-state index is 12.5. The Morgan fingerprint density at radius 2 is 2.19 bits per heavy atom. The van der Waals surface area contributed by atoms with Crippen LogP contribution in [0.15, 0.2) is 0 Å². The SMILES string of the molecule is CC1(C)CC(C(=O)NOCC2CCCN2)N2CC1N(OS(=O)(=O)O)C2=O. The molecular weight excluding hydrogens is 368 g/mol. The second-order valence-corrected chi connectivity index (χ2v) is 8.56. The first-order valence-electron chi connectivity index (χ1n) is 8.50. The van der Waals surface area contributed by atoms with E-state index in [2.05, 4.69) is 15.1 Å². The number of rotatable bonds is 6. The molecule has 3 fully saturated rings. The minimum absolute atomic E-state index is 0.115. The van der Waals surface area contributed by atoms with Gasteiger partial charge in [0.2, 0.25) is 0 Å². The quantitative estimate of drug-likeness (QED) is 0.403. The number of piperidine rings is 1. The van der Waals surface area contributed by atoms with E-state index in [-0.39, 0.29) is 12.6 Å². The summed E-state index contributed by atoms with van der Waals surface area (Å²) in [5, 5.41) is 3.87. The molecule has 0 aliphatic carbocycles. The minimum atomic E-state index is -4.84. The molecule has 0 aromatic rings. The highest BCUT2D eigenvalue weighted by molar-refractivity contribution is 7.80. The van der Waals surface area contributed by atoms with E-state index in [1.165, 1.54) is 4.90 Å². The predicted molar refractivity (Wildman–Crippen MR) is 87.7 cm³/mol. The van der Waals surface area contributed by atoms with Crippen molar-refractivity contribution < 1.29 is 31.7 Å². The smallest absolute Gasteiger partial charge is 0.312 e. The lowest BCUT2D eigenvalue weighted by Crippen LogP contribution is -2.54. The van der Waals surface area contributed by atoms with Crippen molar-refractivity contribution in [2.24, 2.45) is 5.41 Å². The molecule has 11 nitrogen and oxygen atoms in total. The largest absolute Gasteiger partial charge is 0.418 e. The zero-order chi connectivity index (χ0) is 19.1. The van der Waals surface area contributed by atoms with Gasteiger partial charge in [-0.1, -0.05) is 13.8 Å². The number of nitrogens with one attached hydrogen (secondary N) is 2. The first kappa shape index (κ1) is 19.3. The summed E-state index contributed by atoms with van der Waals surface area (Å²) in [6.07, 6.45) is 2.33. The van der Waals surface area contributed by atoms with Gasteiger partial charge in [0.05, 0.1) is 12.6 Å². The Morgan fingerprint density at radius 1 is 1.46 bits per heavy atom. The van der Waals surface area contributed by atoms with Gasteiger partial charge in [-0.25, -0.2) is 10.3 Å². The summed E-state index contributed by atoms with van der Waals surface area (Å²) < 4.78 is 35.4. The molecule has 2 bridgehead atoms. The van der Waals surface area contributed by atoms with E-state index in [1.54, 1.807) is 13.8 Å². The average Bonchev–Trinajstić information content (AvgIpc) is 3.12. The molecule has 0 aromatic heterocycles. The van der Waals surface area contributed by atoms with Crippen molar-refractivity contribution in [1.82, 2.24) is 20.8 Å². The van der Waals surface area contributed by atoms with Gasteiger partial charge in [0.25, 0.3) is 5.91 Å². The van der Waals surface area contributed by atoms with Gasteiger partial charge in [-0.3, -0.25) is 14.2 Å². The van der Waals surface area contributed by atoms with E-state index in [4.69, 9.17) is 9.39 Å². The molecule has 3 aliphatic rings. The number of hydrogen-bond acceptors (Lipinski definition) is 7. The Kier molecular flexibility index (Phi) is 5.14. The zero-order valence-corrected chi connectivity index (χ0v) is 15.5. The molecule has 3 unspecified atom stereocenters. The Hall–Kier alpha value is -1.47. The fourth-order valence-corrected chi connectivity index (χ4v) is 4.14. The third-order valence-electron chi connectivity index (χ3n) is 5.18. The number of fused-ring (bicyclic) bond motifs is 2. The summed E-state index contributed by atoms with van der Waals surface area (Å²) in [5.41, 5.74) is 1.77. The van der Waals surface area contributed by atoms with Crippen molar-refractivity contribution in [3.05, 3.63) is 0 Å². The van der Waals surface area contributed by atoms with Gasteiger partial charge >= 0.3 is 16.4 Å². The van der Waals surface area contributed by atoms with Crippen LogP contribution in [0.2, 0.25) is 0 Å². The lowest BCUT2D eigenvalue weighted by Gasteiger charge is -2.40. The molecule has 3 amide bonds. The Labute approximate surface area is 151 Å². The molecule has 3 atom stereocenters. The van der Waals surface area contributed by atoms with E-state index in [0.29, 0.717) is 18.1 Å². The van der Waals surface area contributed by atoms with Crippen LogP contribution in [-0.2, 0) is 24.3 Å². The number of carbonyl (C=O) groups excluding carboxylic acids is 2. The van der Waals surface area contributed by atoms with Crippen LogP contribution < -0.4 is 10.8 Å². The average molecular weight is 392 g/mol. The van der Waals surface area contributed by atoms with Crippen molar-refractivity contribution >= 4 is 22.3 Å². The van der Waals surface area contributed by atoms with E-state index >= 15 is 0 Å². The summed E-state index contributed by atoms with van der Waals surface area (Å²) in [4.78, 5) is 31.5. The van der Waals surface area contributed by atoms with Crippen LogP contribution in [0, 0.1) is 5.41 Å². The molecular formula is C14H24N4O7S. The number of urea groups is 1. The Bertz CT molecular complexity index is 677. The molecule has 3 rings (SSSR count). The summed E-state index contributed by atoms with van der Waals surface area (Å²) in [6, 6.07) is -2.02. The van der Waals surface area contributed by atoms with Gasteiger partial charge in [-0.05, 0) is 31.2 Å². The Balaban J connectivity index is 1.65. The van der Waals surface area contributed by atoms with Gasteiger partial charge in [-0.15, -0.1) is 4.28 Å². The van der Waals surface area contributed by atoms with Crippen LogP contribution in [0.3, 0.4) is 0 Å². The number of hydrogen-bond donors (Lipinski definition) is 3. The van der Waals surface area contributed by atoms with Crippen LogP contribution in [0.5, 0.6) is 0 Å². The van der Waals surface area contributed by atoms with Gasteiger partial charge in [-0.2, -0.15) is 13.5 Å². The first-order chi connectivity index (χ1) is 12.1. The molecule has 3 N–H and O–H groups in total. The highest BCUT2D eigenvalue weighted by Crippen LogP contribution is 2.42. The van der Waals surface area contributed by atoms with E-state index < -0.39 is 39.8 Å². The van der Waals surface area contributed by atoms with E-state index in [9.17, 15) is 18.0 Å². The molecule has 3 saturated heterocycles. The molecule has 26 heavy (non-hydrogen) atoms. The van der Waals surface area contributed by atoms with Gasteiger partial charge in [0.15, 0.2) is 0 Å². The standard InChI is InChI=1S/C14H24N4O7S/c1-14(2)6-10(12(19)16-24-8-9-4-3-5-15-9)17-7-11(14)18(13(17)20)25-26(21,22)23/h9-11,15H,3-8H2,1-2H3,(H,16,19)(H,21,22,23). The van der Waals surface area contributed by atoms with Crippen molar-refractivity contribution in [2.45, 2.75) is 51.2 Å². The third-order valence-corrected chi connectivity index (χ3v) is 5.53. The maximum Gasteiger partial charge on any atom is 0.418 e. The highest BCUT2D eigenvalue weighted by Gasteiger charge is 2.56. The maximum absolute atomic E-state index is 12.5. The summed E-state index contributed by atoms with van der Waals surface area (Å²) in [7, 11) is -4.84. The third kappa shape index (κ3) is 3.93. The number of carbonyl (C=O) groups is 2. The number of amides is 3.